The van der Waals surface area contributed by atoms with E-state index in [-0.39, 0.29) is 82.8 Å². The van der Waals surface area contributed by atoms with Crippen LogP contribution in [0.3, 0.4) is 0 Å². The molecule has 2 bridgehead atoms. The van der Waals surface area contributed by atoms with Crippen LogP contribution in [0, 0.1) is 17.3 Å². The number of carbonyl (C=O) groups excluding carboxylic acids is 4. The first-order valence-corrected chi connectivity index (χ1v) is 20.5. The SMILES string of the molecule is C=C[C@H]1C[C@]1(NC(=O)[C@@H]1C[C@@H]2CN1C(=O)[C@H](C(C)(C)C)NC(=O)O[C@@H]1C[C@H]1CCCCCc1nc3ccc(OC)cc3nc1O2)C(=O)NS(=O)(=O)C1CC1.[K+]. The summed E-state index contributed by atoms with van der Waals surface area (Å²) < 4.78 is 45.3. The van der Waals surface area contributed by atoms with Gasteiger partial charge >= 0.3 is 57.5 Å². The number of nitrogens with one attached hydrogen (secondary N) is 3. The first kappa shape index (κ1) is 41.8. The second-order valence-electron chi connectivity index (χ2n) is 16.5. The van der Waals surface area contributed by atoms with Gasteiger partial charge in [0.1, 0.15) is 41.3 Å². The van der Waals surface area contributed by atoms with E-state index in [1.165, 1.54) is 11.0 Å². The smallest absolute Gasteiger partial charge is 0.497 e. The zero-order chi connectivity index (χ0) is 38.6. The van der Waals surface area contributed by atoms with E-state index in [0.717, 1.165) is 32.1 Å². The third-order valence-electron chi connectivity index (χ3n) is 11.3. The van der Waals surface area contributed by atoms with Crippen LogP contribution in [-0.2, 0) is 35.6 Å². The molecule has 3 heterocycles. The number of benzene rings is 1. The maximum Gasteiger partial charge on any atom is 1.00 e. The standard InChI is InChI=1S/C38H50N6O9S.K/c1-6-22-19-38(22,35(47)43-54(49,50)25-13-14-25)42-32(45)29-18-24-20-44(29)34(46)31(37(2,3)4)41-36(48)53-30-16-21(30)10-8-7-9-11-27-33(52-24)40-28-17-23(51-5)12-15-26(28)39-27;/h6,12,15,17,21-22,24-25,29-31H,1,7-11,13-14,16,18-20H2,2-5H3,(H,41,48)(H,42,45)(H,43,47);/q;+1/t21-,22+,24-,29+,30-,31-,38-;/m1./s1. The minimum atomic E-state index is -3.90. The molecule has 5 aliphatic rings. The number of amides is 4. The molecule has 3 saturated carbocycles. The van der Waals surface area contributed by atoms with Crippen LogP contribution in [0.4, 0.5) is 4.79 Å². The number of alkyl carbamates (subject to hydrolysis) is 1. The number of carbonyl (C=O) groups is 4. The Hall–Kier alpha value is -2.83. The normalized spacial score (nSPS) is 29.7. The van der Waals surface area contributed by atoms with E-state index in [0.29, 0.717) is 47.6 Å². The van der Waals surface area contributed by atoms with Crippen molar-refractivity contribution in [1.29, 1.82) is 0 Å². The van der Waals surface area contributed by atoms with E-state index in [1.54, 1.807) is 13.2 Å². The molecule has 4 amide bonds. The number of aromatic nitrogens is 2. The summed E-state index contributed by atoms with van der Waals surface area (Å²) >= 11 is 0. The van der Waals surface area contributed by atoms with Crippen LogP contribution in [-0.4, -0.2) is 95.8 Å². The quantitative estimate of drug-likeness (QED) is 0.258. The van der Waals surface area contributed by atoms with Gasteiger partial charge in [-0.3, -0.25) is 19.1 Å². The molecular formula is C38H50KN6O9S+. The van der Waals surface area contributed by atoms with Crippen LogP contribution in [0.5, 0.6) is 11.6 Å². The Morgan fingerprint density at radius 1 is 1.07 bits per heavy atom. The van der Waals surface area contributed by atoms with E-state index < -0.39 is 74.1 Å². The number of hydrogen-bond donors (Lipinski definition) is 3. The third kappa shape index (κ3) is 9.17. The Morgan fingerprint density at radius 3 is 2.51 bits per heavy atom. The molecule has 3 N–H and O–H groups in total. The molecule has 1 aromatic heterocycles. The molecule has 7 atom stereocenters. The van der Waals surface area contributed by atoms with Crippen LogP contribution >= 0.6 is 0 Å². The molecule has 2 aliphatic heterocycles. The van der Waals surface area contributed by atoms with E-state index in [9.17, 15) is 27.6 Å². The molecule has 4 fully saturated rings. The van der Waals surface area contributed by atoms with Crippen molar-refractivity contribution >= 4 is 44.9 Å². The van der Waals surface area contributed by atoms with Crippen LogP contribution in [0.15, 0.2) is 30.9 Å². The summed E-state index contributed by atoms with van der Waals surface area (Å²) in [6.07, 6.45) is 5.93. The van der Waals surface area contributed by atoms with Gasteiger partial charge in [0.05, 0.1) is 29.9 Å². The molecule has 17 heteroatoms. The molecule has 3 aliphatic carbocycles. The number of rotatable bonds is 7. The van der Waals surface area contributed by atoms with Gasteiger partial charge in [-0.25, -0.2) is 23.2 Å². The van der Waals surface area contributed by atoms with Crippen LogP contribution in [0.2, 0.25) is 0 Å². The monoisotopic (exact) mass is 805 g/mol. The minimum Gasteiger partial charge on any atom is -0.497 e. The first-order chi connectivity index (χ1) is 25.6. The summed E-state index contributed by atoms with van der Waals surface area (Å²) in [5.41, 5.74) is -0.451. The Morgan fingerprint density at radius 2 is 1.84 bits per heavy atom. The van der Waals surface area contributed by atoms with Crippen LogP contribution in [0.25, 0.3) is 11.0 Å². The number of fused-ring (bicyclic) bond motifs is 5. The van der Waals surface area contributed by atoms with Gasteiger partial charge in [-0.2, -0.15) is 0 Å². The fourth-order valence-electron chi connectivity index (χ4n) is 7.64. The predicted octanol–water partition coefficient (Wildman–Crippen LogP) is 0.306. The predicted molar refractivity (Wildman–Crippen MR) is 197 cm³/mol. The van der Waals surface area contributed by atoms with Gasteiger partial charge in [0.25, 0.3) is 5.91 Å². The van der Waals surface area contributed by atoms with Gasteiger partial charge in [-0.1, -0.05) is 39.7 Å². The van der Waals surface area contributed by atoms with E-state index >= 15 is 0 Å². The number of methoxy groups -OCH3 is 1. The maximum atomic E-state index is 14.6. The topological polar surface area (TPSA) is 195 Å². The molecule has 0 spiro atoms. The van der Waals surface area contributed by atoms with Gasteiger partial charge in [0, 0.05) is 18.4 Å². The molecule has 1 aromatic carbocycles. The number of hydrogen-bond acceptors (Lipinski definition) is 11. The first-order valence-electron chi connectivity index (χ1n) is 18.9. The van der Waals surface area contributed by atoms with Gasteiger partial charge < -0.3 is 29.7 Å². The molecule has 0 unspecified atom stereocenters. The molecule has 15 nitrogen and oxygen atoms in total. The van der Waals surface area contributed by atoms with Crippen LogP contribution in [0.1, 0.15) is 84.3 Å². The van der Waals surface area contributed by atoms with Crippen molar-refractivity contribution in [3.63, 3.8) is 0 Å². The Labute approximate surface area is 364 Å². The van der Waals surface area contributed by atoms with Gasteiger partial charge in [0.15, 0.2) is 0 Å². The fraction of sp³-hybridized carbons (Fsp3) is 0.632. The van der Waals surface area contributed by atoms with Crippen molar-refractivity contribution in [2.75, 3.05) is 13.7 Å². The number of ether oxygens (including phenoxy) is 3. The maximum absolute atomic E-state index is 14.6. The van der Waals surface area contributed by atoms with E-state index in [4.69, 9.17) is 24.2 Å². The fourth-order valence-corrected chi connectivity index (χ4v) is 9.00. The summed E-state index contributed by atoms with van der Waals surface area (Å²) in [6, 6.07) is 3.20. The number of nitrogens with zero attached hydrogens (tertiary/aromatic N) is 3. The van der Waals surface area contributed by atoms with Gasteiger partial charge in [-0.05, 0) is 68.4 Å². The zero-order valence-electron chi connectivity index (χ0n) is 32.3. The van der Waals surface area contributed by atoms with Crippen LogP contribution < -0.4 is 76.2 Å². The zero-order valence-corrected chi connectivity index (χ0v) is 36.2. The van der Waals surface area contributed by atoms with Gasteiger partial charge in [-0.15, -0.1) is 6.58 Å². The van der Waals surface area contributed by atoms with Crippen molar-refractivity contribution in [2.45, 2.75) is 120 Å². The summed E-state index contributed by atoms with van der Waals surface area (Å²) in [5.74, 6) is -1.39. The van der Waals surface area contributed by atoms with Crippen molar-refractivity contribution in [3.05, 3.63) is 36.5 Å². The molecular weight excluding hydrogens is 756 g/mol. The molecule has 292 valence electrons. The number of sulfonamides is 1. The van der Waals surface area contributed by atoms with Crippen molar-refractivity contribution < 1.29 is 93.2 Å². The van der Waals surface area contributed by atoms with E-state index in [1.807, 2.05) is 32.9 Å². The molecule has 0 radical (unpaired) electrons. The Bertz CT molecular complexity index is 1970. The molecule has 1 saturated heterocycles. The average Bonchev–Trinajstić information content (AvgIpc) is 4.04. The van der Waals surface area contributed by atoms with Crippen molar-refractivity contribution in [3.8, 4) is 11.6 Å². The van der Waals surface area contributed by atoms with Crippen molar-refractivity contribution in [1.82, 2.24) is 30.2 Å². The summed E-state index contributed by atoms with van der Waals surface area (Å²) in [7, 11) is -2.33. The van der Waals surface area contributed by atoms with E-state index in [2.05, 4.69) is 21.9 Å². The molecule has 2 aromatic rings. The molecule has 7 rings (SSSR count). The van der Waals surface area contributed by atoms with Gasteiger partial charge in [0.2, 0.25) is 27.7 Å². The Kier molecular flexibility index (Phi) is 12.3. The summed E-state index contributed by atoms with van der Waals surface area (Å²) in [6.45, 7) is 9.18. The molecule has 55 heavy (non-hydrogen) atoms. The minimum absolute atomic E-state index is 0. The average molecular weight is 806 g/mol. The second kappa shape index (κ2) is 16.2. The van der Waals surface area contributed by atoms with Crippen molar-refractivity contribution in [2.24, 2.45) is 17.3 Å². The largest absolute Gasteiger partial charge is 1.00 e. The summed E-state index contributed by atoms with van der Waals surface area (Å²) in [5, 5.41) is 4.96. The third-order valence-corrected chi connectivity index (χ3v) is 13.1. The summed E-state index contributed by atoms with van der Waals surface area (Å²) in [4.78, 5) is 66.8. The second-order valence-corrected chi connectivity index (χ2v) is 18.4. The Balaban J connectivity index is 0.00000514. The number of aryl methyl sites for hydroxylation is 1.